The second-order valence-electron chi connectivity index (χ2n) is 7.98. The molecule has 1 aliphatic heterocycles. The van der Waals surface area contributed by atoms with Gasteiger partial charge in [0.1, 0.15) is 5.82 Å². The van der Waals surface area contributed by atoms with E-state index in [1.807, 2.05) is 12.1 Å². The van der Waals surface area contributed by atoms with Gasteiger partial charge in [-0.3, -0.25) is 9.69 Å². The molecule has 2 aromatic rings. The molecule has 142 valence electrons. The first kappa shape index (κ1) is 18.2. The predicted molar refractivity (Wildman–Crippen MR) is 107 cm³/mol. The maximum Gasteiger partial charge on any atom is 0.255 e. The van der Waals surface area contributed by atoms with E-state index in [-0.39, 0.29) is 11.7 Å². The topological polar surface area (TPSA) is 32.3 Å². The van der Waals surface area contributed by atoms with Crippen LogP contribution in [0, 0.1) is 5.82 Å². The standard InChI is InChI=1S/C23H27FN2O/c1-16-3-2-14-26(16)22-13-8-19(15-22)17-6-11-21(12-7-17)25-23(27)18-4-9-20(24)10-5-18/h4-7,9-12,16,19,22H,2-3,8,13-15H2,1H3,(H,25,27)/t16-,19-,22-/m0/s1. The zero-order valence-electron chi connectivity index (χ0n) is 15.8. The molecule has 4 rings (SSSR count). The van der Waals surface area contributed by atoms with Crippen LogP contribution in [0.25, 0.3) is 0 Å². The molecular formula is C23H27FN2O. The molecule has 1 amide bonds. The van der Waals surface area contributed by atoms with Crippen LogP contribution in [0.3, 0.4) is 0 Å². The average Bonchev–Trinajstić information content (AvgIpc) is 3.31. The van der Waals surface area contributed by atoms with Crippen molar-refractivity contribution < 1.29 is 9.18 Å². The van der Waals surface area contributed by atoms with Gasteiger partial charge in [-0.1, -0.05) is 12.1 Å². The molecule has 4 heteroatoms. The van der Waals surface area contributed by atoms with E-state index in [1.165, 1.54) is 68.5 Å². The minimum atomic E-state index is -0.339. The maximum atomic E-state index is 13.0. The van der Waals surface area contributed by atoms with Crippen molar-refractivity contribution in [3.63, 3.8) is 0 Å². The maximum absolute atomic E-state index is 13.0. The van der Waals surface area contributed by atoms with Gasteiger partial charge in [-0.05, 0) is 93.5 Å². The number of rotatable bonds is 4. The van der Waals surface area contributed by atoms with Gasteiger partial charge in [0, 0.05) is 23.3 Å². The van der Waals surface area contributed by atoms with E-state index >= 15 is 0 Å². The third kappa shape index (κ3) is 4.06. The lowest BCUT2D eigenvalue weighted by atomic mass is 9.97. The van der Waals surface area contributed by atoms with Gasteiger partial charge in [-0.15, -0.1) is 0 Å². The monoisotopic (exact) mass is 366 g/mol. The van der Waals surface area contributed by atoms with Crippen molar-refractivity contribution in [2.45, 2.75) is 57.0 Å². The van der Waals surface area contributed by atoms with Crippen LogP contribution in [0.4, 0.5) is 10.1 Å². The van der Waals surface area contributed by atoms with E-state index in [2.05, 4.69) is 29.3 Å². The third-order valence-electron chi connectivity index (χ3n) is 6.22. The van der Waals surface area contributed by atoms with Crippen molar-refractivity contribution in [1.82, 2.24) is 4.90 Å². The summed E-state index contributed by atoms with van der Waals surface area (Å²) in [7, 11) is 0. The van der Waals surface area contributed by atoms with E-state index in [1.54, 1.807) is 0 Å². The van der Waals surface area contributed by atoms with Gasteiger partial charge in [0.05, 0.1) is 0 Å². The zero-order chi connectivity index (χ0) is 18.8. The number of amides is 1. The zero-order valence-corrected chi connectivity index (χ0v) is 15.8. The molecule has 0 bridgehead atoms. The molecule has 1 heterocycles. The van der Waals surface area contributed by atoms with E-state index in [4.69, 9.17) is 0 Å². The van der Waals surface area contributed by atoms with Crippen molar-refractivity contribution in [2.75, 3.05) is 11.9 Å². The molecule has 2 aromatic carbocycles. The molecule has 27 heavy (non-hydrogen) atoms. The normalized spacial score (nSPS) is 25.6. The number of anilines is 1. The lowest BCUT2D eigenvalue weighted by Crippen LogP contribution is -2.35. The molecule has 3 atom stereocenters. The minimum absolute atomic E-state index is 0.216. The number of likely N-dealkylation sites (tertiary alicyclic amines) is 1. The summed E-state index contributed by atoms with van der Waals surface area (Å²) < 4.78 is 13.0. The van der Waals surface area contributed by atoms with Gasteiger partial charge in [-0.25, -0.2) is 4.39 Å². The molecule has 0 aromatic heterocycles. The number of halogens is 1. The molecule has 1 saturated heterocycles. The number of carbonyl (C=O) groups excluding carboxylic acids is 1. The molecule has 1 saturated carbocycles. The Bertz CT molecular complexity index is 787. The Kier molecular flexibility index (Phi) is 5.26. The average molecular weight is 366 g/mol. The lowest BCUT2D eigenvalue weighted by Gasteiger charge is -2.28. The summed E-state index contributed by atoms with van der Waals surface area (Å²) in [4.78, 5) is 15.0. The van der Waals surface area contributed by atoms with Crippen LogP contribution in [-0.2, 0) is 0 Å². The number of nitrogens with zero attached hydrogens (tertiary/aromatic N) is 1. The first-order valence-electron chi connectivity index (χ1n) is 10.0. The second-order valence-corrected chi connectivity index (χ2v) is 7.98. The van der Waals surface area contributed by atoms with Crippen LogP contribution >= 0.6 is 0 Å². The van der Waals surface area contributed by atoms with Crippen LogP contribution in [0.1, 0.15) is 60.9 Å². The Morgan fingerprint density at radius 1 is 1.04 bits per heavy atom. The van der Waals surface area contributed by atoms with Gasteiger partial charge in [-0.2, -0.15) is 0 Å². The van der Waals surface area contributed by atoms with Gasteiger partial charge < -0.3 is 5.32 Å². The number of nitrogens with one attached hydrogen (secondary N) is 1. The van der Waals surface area contributed by atoms with Gasteiger partial charge in [0.15, 0.2) is 0 Å². The fourth-order valence-electron chi connectivity index (χ4n) is 4.70. The fraction of sp³-hybridized carbons (Fsp3) is 0.435. The van der Waals surface area contributed by atoms with E-state index < -0.39 is 0 Å². The Morgan fingerprint density at radius 3 is 2.44 bits per heavy atom. The quantitative estimate of drug-likeness (QED) is 0.807. The number of benzene rings is 2. The van der Waals surface area contributed by atoms with Crippen molar-refractivity contribution >= 4 is 11.6 Å². The van der Waals surface area contributed by atoms with Crippen molar-refractivity contribution in [1.29, 1.82) is 0 Å². The SMILES string of the molecule is C[C@H]1CCCN1[C@H]1CC[C@H](c2ccc(NC(=O)c3ccc(F)cc3)cc2)C1. The summed E-state index contributed by atoms with van der Waals surface area (Å²) in [5.41, 5.74) is 2.60. The first-order valence-corrected chi connectivity index (χ1v) is 10.0. The predicted octanol–water partition coefficient (Wildman–Crippen LogP) is 5.20. The van der Waals surface area contributed by atoms with E-state index in [9.17, 15) is 9.18 Å². The number of carbonyl (C=O) groups is 1. The van der Waals surface area contributed by atoms with Gasteiger partial charge in [0.2, 0.25) is 0 Å². The highest BCUT2D eigenvalue weighted by Gasteiger charge is 2.34. The largest absolute Gasteiger partial charge is 0.322 e. The smallest absolute Gasteiger partial charge is 0.255 e. The third-order valence-corrected chi connectivity index (χ3v) is 6.22. The highest BCUT2D eigenvalue weighted by atomic mass is 19.1. The van der Waals surface area contributed by atoms with Gasteiger partial charge in [0.25, 0.3) is 5.91 Å². The molecule has 0 radical (unpaired) electrons. The summed E-state index contributed by atoms with van der Waals surface area (Å²) >= 11 is 0. The Balaban J connectivity index is 1.36. The summed E-state index contributed by atoms with van der Waals surface area (Å²) in [6.07, 6.45) is 6.45. The van der Waals surface area contributed by atoms with Crippen LogP contribution < -0.4 is 5.32 Å². The molecular weight excluding hydrogens is 339 g/mol. The number of hydrogen-bond acceptors (Lipinski definition) is 2. The molecule has 1 aliphatic carbocycles. The van der Waals surface area contributed by atoms with Crippen molar-refractivity contribution in [3.8, 4) is 0 Å². The van der Waals surface area contributed by atoms with Crippen LogP contribution in [0.15, 0.2) is 48.5 Å². The highest BCUT2D eigenvalue weighted by Crippen LogP contribution is 2.39. The molecule has 1 N–H and O–H groups in total. The van der Waals surface area contributed by atoms with Gasteiger partial charge >= 0.3 is 0 Å². The first-order chi connectivity index (χ1) is 13.1. The van der Waals surface area contributed by atoms with E-state index in [0.29, 0.717) is 11.5 Å². The number of hydrogen-bond donors (Lipinski definition) is 1. The summed E-state index contributed by atoms with van der Waals surface area (Å²) in [5, 5.41) is 2.89. The Morgan fingerprint density at radius 2 is 1.78 bits per heavy atom. The summed E-state index contributed by atoms with van der Waals surface area (Å²) in [5.74, 6) is 0.0606. The molecule has 3 nitrogen and oxygen atoms in total. The van der Waals surface area contributed by atoms with Crippen LogP contribution in [-0.4, -0.2) is 29.4 Å². The van der Waals surface area contributed by atoms with Crippen molar-refractivity contribution in [3.05, 3.63) is 65.5 Å². The molecule has 0 spiro atoms. The van der Waals surface area contributed by atoms with Crippen LogP contribution in [0.5, 0.6) is 0 Å². The summed E-state index contributed by atoms with van der Waals surface area (Å²) in [6.45, 7) is 3.62. The Hall–Kier alpha value is -2.20. The second kappa shape index (κ2) is 7.81. The van der Waals surface area contributed by atoms with Crippen molar-refractivity contribution in [2.24, 2.45) is 0 Å². The molecule has 0 unspecified atom stereocenters. The molecule has 2 aliphatic rings. The van der Waals surface area contributed by atoms with Crippen LogP contribution in [0.2, 0.25) is 0 Å². The summed E-state index contributed by atoms with van der Waals surface area (Å²) in [6, 6.07) is 15.3. The Labute approximate surface area is 160 Å². The fourth-order valence-corrected chi connectivity index (χ4v) is 4.70. The van der Waals surface area contributed by atoms with E-state index in [0.717, 1.165) is 17.8 Å². The minimum Gasteiger partial charge on any atom is -0.322 e. The lowest BCUT2D eigenvalue weighted by molar-refractivity contribution is 0.102. The highest BCUT2D eigenvalue weighted by molar-refractivity contribution is 6.04. The molecule has 2 fully saturated rings.